The molecule has 0 bridgehead atoms. The largest absolute Gasteiger partial charge is 0.375 e. The quantitative estimate of drug-likeness (QED) is 0.642. The molecular weight excluding hydrogens is 262 g/mol. The summed E-state index contributed by atoms with van der Waals surface area (Å²) in [5.41, 5.74) is -0.419. The molecule has 1 amide bonds. The number of ether oxygens (including phenoxy) is 1. The molecule has 1 N–H and O–H groups in total. The summed E-state index contributed by atoms with van der Waals surface area (Å²) in [5.74, 6) is 0.108. The molecule has 0 spiro atoms. The summed E-state index contributed by atoms with van der Waals surface area (Å²) in [5, 5.41) is 2.90. The average Bonchev–Trinajstić information content (AvgIpc) is 2.36. The SMILES string of the molecule is CCCCC(C)(C)C(C)(C)OCCC(C)(C)C(=O)NCC. The predicted molar refractivity (Wildman–Crippen MR) is 90.4 cm³/mol. The zero-order chi connectivity index (χ0) is 16.7. The minimum Gasteiger partial charge on any atom is -0.375 e. The van der Waals surface area contributed by atoms with Gasteiger partial charge in [-0.15, -0.1) is 0 Å². The average molecular weight is 299 g/mol. The van der Waals surface area contributed by atoms with Gasteiger partial charge in [0.2, 0.25) is 5.91 Å². The van der Waals surface area contributed by atoms with Crippen LogP contribution in [0, 0.1) is 10.8 Å². The maximum Gasteiger partial charge on any atom is 0.225 e. The minimum atomic E-state index is -0.375. The van der Waals surface area contributed by atoms with E-state index >= 15 is 0 Å². The first-order valence-electron chi connectivity index (χ1n) is 8.42. The highest BCUT2D eigenvalue weighted by Gasteiger charge is 2.38. The summed E-state index contributed by atoms with van der Waals surface area (Å²) in [6.07, 6.45) is 4.34. The van der Waals surface area contributed by atoms with Crippen LogP contribution in [0.1, 0.15) is 81.1 Å². The van der Waals surface area contributed by atoms with Crippen molar-refractivity contribution in [1.82, 2.24) is 5.32 Å². The lowest BCUT2D eigenvalue weighted by Crippen LogP contribution is -2.43. The molecule has 0 aliphatic rings. The molecule has 0 heterocycles. The van der Waals surface area contributed by atoms with Crippen LogP contribution in [-0.2, 0) is 9.53 Å². The van der Waals surface area contributed by atoms with Gasteiger partial charge >= 0.3 is 0 Å². The number of unbranched alkanes of at least 4 members (excludes halogenated alkanes) is 1. The molecule has 0 rings (SSSR count). The Morgan fingerprint density at radius 3 is 2.05 bits per heavy atom. The Labute approximate surface area is 132 Å². The third-order valence-electron chi connectivity index (χ3n) is 4.93. The van der Waals surface area contributed by atoms with Crippen LogP contribution in [0.3, 0.4) is 0 Å². The van der Waals surface area contributed by atoms with Crippen molar-refractivity contribution in [3.63, 3.8) is 0 Å². The van der Waals surface area contributed by atoms with Gasteiger partial charge in [0.15, 0.2) is 0 Å². The van der Waals surface area contributed by atoms with Crippen molar-refractivity contribution in [3.05, 3.63) is 0 Å². The van der Waals surface area contributed by atoms with Gasteiger partial charge in [0.1, 0.15) is 0 Å². The molecule has 3 nitrogen and oxygen atoms in total. The number of carbonyl (C=O) groups excluding carboxylic acids is 1. The summed E-state index contributed by atoms with van der Waals surface area (Å²) in [6, 6.07) is 0. The first-order valence-corrected chi connectivity index (χ1v) is 8.42. The molecule has 0 saturated carbocycles. The van der Waals surface area contributed by atoms with Crippen LogP contribution in [0.4, 0.5) is 0 Å². The maximum atomic E-state index is 12.0. The molecule has 0 fully saturated rings. The van der Waals surface area contributed by atoms with Crippen molar-refractivity contribution in [2.24, 2.45) is 10.8 Å². The standard InChI is InChI=1S/C18H37NO2/c1-9-11-12-17(5,6)18(7,8)21-14-13-16(3,4)15(20)19-10-2/h9-14H2,1-8H3,(H,19,20). The summed E-state index contributed by atoms with van der Waals surface area (Å²) >= 11 is 0. The van der Waals surface area contributed by atoms with E-state index in [4.69, 9.17) is 4.74 Å². The van der Waals surface area contributed by atoms with Gasteiger partial charge in [-0.2, -0.15) is 0 Å². The van der Waals surface area contributed by atoms with Gasteiger partial charge in [-0.1, -0.05) is 47.5 Å². The fraction of sp³-hybridized carbons (Fsp3) is 0.944. The normalized spacial score (nSPS) is 13.3. The van der Waals surface area contributed by atoms with Gasteiger partial charge in [-0.05, 0) is 39.0 Å². The Morgan fingerprint density at radius 2 is 1.57 bits per heavy atom. The summed E-state index contributed by atoms with van der Waals surface area (Å²) in [4.78, 5) is 12.0. The second kappa shape index (κ2) is 8.17. The van der Waals surface area contributed by atoms with E-state index in [1.807, 2.05) is 20.8 Å². The zero-order valence-corrected chi connectivity index (χ0v) is 15.6. The van der Waals surface area contributed by atoms with Crippen molar-refractivity contribution in [3.8, 4) is 0 Å². The number of hydrogen-bond donors (Lipinski definition) is 1. The molecule has 21 heavy (non-hydrogen) atoms. The minimum absolute atomic E-state index is 0.108. The Bertz CT molecular complexity index is 319. The summed E-state index contributed by atoms with van der Waals surface area (Å²) in [6.45, 7) is 18.3. The maximum absolute atomic E-state index is 12.0. The van der Waals surface area contributed by atoms with Crippen LogP contribution in [0.2, 0.25) is 0 Å². The van der Waals surface area contributed by atoms with E-state index in [0.717, 1.165) is 12.8 Å². The van der Waals surface area contributed by atoms with Crippen molar-refractivity contribution >= 4 is 5.91 Å². The fourth-order valence-electron chi connectivity index (χ4n) is 2.19. The van der Waals surface area contributed by atoms with Gasteiger partial charge in [0.05, 0.1) is 5.60 Å². The van der Waals surface area contributed by atoms with Crippen molar-refractivity contribution < 1.29 is 9.53 Å². The van der Waals surface area contributed by atoms with Crippen molar-refractivity contribution in [2.45, 2.75) is 86.7 Å². The number of nitrogens with one attached hydrogen (secondary N) is 1. The monoisotopic (exact) mass is 299 g/mol. The number of rotatable bonds is 10. The lowest BCUT2D eigenvalue weighted by atomic mass is 9.73. The first kappa shape index (κ1) is 20.4. The van der Waals surface area contributed by atoms with E-state index in [-0.39, 0.29) is 22.3 Å². The Morgan fingerprint density at radius 1 is 1.00 bits per heavy atom. The molecule has 0 aliphatic heterocycles. The van der Waals surface area contributed by atoms with Crippen LogP contribution >= 0.6 is 0 Å². The summed E-state index contributed by atoms with van der Waals surface area (Å²) < 4.78 is 6.18. The van der Waals surface area contributed by atoms with Crippen LogP contribution < -0.4 is 5.32 Å². The molecule has 0 atom stereocenters. The highest BCUT2D eigenvalue weighted by molar-refractivity contribution is 5.81. The Hall–Kier alpha value is -0.570. The third-order valence-corrected chi connectivity index (χ3v) is 4.93. The van der Waals surface area contributed by atoms with Crippen molar-refractivity contribution in [2.75, 3.05) is 13.2 Å². The fourth-order valence-corrected chi connectivity index (χ4v) is 2.19. The summed E-state index contributed by atoms with van der Waals surface area (Å²) in [7, 11) is 0. The molecule has 126 valence electrons. The van der Waals surface area contributed by atoms with Crippen LogP contribution in [0.15, 0.2) is 0 Å². The van der Waals surface area contributed by atoms with Gasteiger partial charge in [-0.3, -0.25) is 4.79 Å². The molecule has 0 saturated heterocycles. The molecule has 0 aromatic heterocycles. The highest BCUT2D eigenvalue weighted by atomic mass is 16.5. The number of hydrogen-bond acceptors (Lipinski definition) is 2. The number of carbonyl (C=O) groups is 1. The topological polar surface area (TPSA) is 38.3 Å². The third kappa shape index (κ3) is 6.37. The number of amides is 1. The molecule has 0 unspecified atom stereocenters. The van der Waals surface area contributed by atoms with E-state index < -0.39 is 0 Å². The second-order valence-corrected chi connectivity index (χ2v) is 7.84. The molecule has 0 aromatic carbocycles. The van der Waals surface area contributed by atoms with E-state index in [9.17, 15) is 4.79 Å². The van der Waals surface area contributed by atoms with Crippen molar-refractivity contribution in [1.29, 1.82) is 0 Å². The van der Waals surface area contributed by atoms with Crippen LogP contribution in [0.5, 0.6) is 0 Å². The Kier molecular flexibility index (Phi) is 7.94. The zero-order valence-electron chi connectivity index (χ0n) is 15.6. The second-order valence-electron chi connectivity index (χ2n) is 7.84. The molecule has 0 aromatic rings. The first-order chi connectivity index (χ1) is 9.50. The molecule has 0 aliphatic carbocycles. The lowest BCUT2D eigenvalue weighted by Gasteiger charge is -2.42. The Balaban J connectivity index is 4.46. The highest BCUT2D eigenvalue weighted by Crippen LogP contribution is 2.38. The van der Waals surface area contributed by atoms with E-state index in [1.54, 1.807) is 0 Å². The molecule has 3 heteroatoms. The van der Waals surface area contributed by atoms with E-state index in [2.05, 4.69) is 39.9 Å². The van der Waals surface area contributed by atoms with Crippen LogP contribution in [-0.4, -0.2) is 24.7 Å². The lowest BCUT2D eigenvalue weighted by molar-refractivity contribution is -0.134. The van der Waals surface area contributed by atoms with Gasteiger partial charge in [0.25, 0.3) is 0 Å². The van der Waals surface area contributed by atoms with Crippen LogP contribution in [0.25, 0.3) is 0 Å². The molecular formula is C18H37NO2. The van der Waals surface area contributed by atoms with E-state index in [0.29, 0.717) is 13.2 Å². The van der Waals surface area contributed by atoms with Gasteiger partial charge < -0.3 is 10.1 Å². The van der Waals surface area contributed by atoms with Gasteiger partial charge in [-0.25, -0.2) is 0 Å². The van der Waals surface area contributed by atoms with E-state index in [1.165, 1.54) is 12.8 Å². The predicted octanol–water partition coefficient (Wildman–Crippen LogP) is 4.55. The van der Waals surface area contributed by atoms with Gasteiger partial charge in [0, 0.05) is 18.6 Å². The smallest absolute Gasteiger partial charge is 0.225 e. The molecule has 0 radical (unpaired) electrons.